The zero-order chi connectivity index (χ0) is 16.8. The normalized spacial score (nSPS) is 19.6. The van der Waals surface area contributed by atoms with Crippen molar-refractivity contribution < 1.29 is 21.6 Å². The van der Waals surface area contributed by atoms with E-state index in [4.69, 9.17) is 0 Å². The molecule has 8 heteroatoms. The van der Waals surface area contributed by atoms with E-state index in [1.54, 1.807) is 19.1 Å². The lowest BCUT2D eigenvalue weighted by Gasteiger charge is -2.34. The lowest BCUT2D eigenvalue weighted by Crippen LogP contribution is -2.41. The van der Waals surface area contributed by atoms with Crippen molar-refractivity contribution in [2.24, 2.45) is 0 Å². The molecule has 1 aliphatic rings. The van der Waals surface area contributed by atoms with E-state index in [1.165, 1.54) is 12.1 Å². The van der Waals surface area contributed by atoms with E-state index >= 15 is 0 Å². The molecule has 1 aliphatic heterocycles. The van der Waals surface area contributed by atoms with Crippen LogP contribution in [0.4, 0.5) is 13.2 Å². The SMILES string of the molecule is C[C@@H]1c2cccn2CCN1S(=O)(=O)c1ccccc1C(F)(F)F. The Morgan fingerprint density at radius 1 is 1.09 bits per heavy atom. The van der Waals surface area contributed by atoms with Gasteiger partial charge in [0.2, 0.25) is 10.0 Å². The maximum absolute atomic E-state index is 13.1. The Hall–Kier alpha value is -1.80. The van der Waals surface area contributed by atoms with Crippen molar-refractivity contribution in [2.75, 3.05) is 6.54 Å². The minimum atomic E-state index is -4.72. The standard InChI is InChI=1S/C15H15F3N2O2S/c1-11-13-6-4-8-19(13)9-10-20(11)23(21,22)14-7-3-2-5-12(14)15(16,17)18/h2-8,11H,9-10H2,1H3/t11-/m1/s1. The number of sulfonamides is 1. The second-order valence-corrected chi connectivity index (χ2v) is 7.27. The Labute approximate surface area is 132 Å². The first-order valence-corrected chi connectivity index (χ1v) is 8.50. The van der Waals surface area contributed by atoms with Crippen molar-refractivity contribution >= 4 is 10.0 Å². The van der Waals surface area contributed by atoms with Gasteiger partial charge in [-0.1, -0.05) is 12.1 Å². The van der Waals surface area contributed by atoms with Crippen LogP contribution >= 0.6 is 0 Å². The molecule has 23 heavy (non-hydrogen) atoms. The minimum Gasteiger partial charge on any atom is -0.349 e. The smallest absolute Gasteiger partial charge is 0.349 e. The molecule has 0 aliphatic carbocycles. The van der Waals surface area contributed by atoms with Crippen LogP contribution < -0.4 is 0 Å². The second kappa shape index (κ2) is 5.38. The summed E-state index contributed by atoms with van der Waals surface area (Å²) in [7, 11) is -4.25. The van der Waals surface area contributed by atoms with E-state index in [-0.39, 0.29) is 6.54 Å². The monoisotopic (exact) mass is 344 g/mol. The van der Waals surface area contributed by atoms with Gasteiger partial charge in [-0.3, -0.25) is 0 Å². The molecule has 0 fully saturated rings. The van der Waals surface area contributed by atoms with Gasteiger partial charge in [0.15, 0.2) is 0 Å². The summed E-state index contributed by atoms with van der Waals surface area (Å²) in [6.45, 7) is 2.23. The molecular formula is C15H15F3N2O2S. The molecule has 0 radical (unpaired) electrons. The van der Waals surface area contributed by atoms with Crippen LogP contribution in [-0.2, 0) is 22.7 Å². The van der Waals surface area contributed by atoms with Crippen LogP contribution in [0, 0.1) is 0 Å². The van der Waals surface area contributed by atoms with Gasteiger partial charge in [0.25, 0.3) is 0 Å². The number of hydrogen-bond acceptors (Lipinski definition) is 2. The van der Waals surface area contributed by atoms with Crippen LogP contribution in [0.25, 0.3) is 0 Å². The highest BCUT2D eigenvalue weighted by Gasteiger charge is 2.41. The fourth-order valence-corrected chi connectivity index (χ4v) is 4.75. The Bertz CT molecular complexity index is 827. The van der Waals surface area contributed by atoms with E-state index in [0.717, 1.165) is 22.1 Å². The molecule has 124 valence electrons. The molecule has 1 atom stereocenters. The molecule has 3 rings (SSSR count). The summed E-state index contributed by atoms with van der Waals surface area (Å²) in [6.07, 6.45) is -2.89. The third-order valence-electron chi connectivity index (χ3n) is 4.07. The van der Waals surface area contributed by atoms with E-state index in [9.17, 15) is 21.6 Å². The fraction of sp³-hybridized carbons (Fsp3) is 0.333. The van der Waals surface area contributed by atoms with Crippen LogP contribution in [0.3, 0.4) is 0 Å². The molecule has 0 bridgehead atoms. The van der Waals surface area contributed by atoms with Crippen molar-refractivity contribution in [3.8, 4) is 0 Å². The van der Waals surface area contributed by atoms with Crippen molar-refractivity contribution in [3.63, 3.8) is 0 Å². The third-order valence-corrected chi connectivity index (χ3v) is 6.09. The Kier molecular flexibility index (Phi) is 3.76. The summed E-state index contributed by atoms with van der Waals surface area (Å²) >= 11 is 0. The molecule has 1 aromatic heterocycles. The average molecular weight is 344 g/mol. The highest BCUT2D eigenvalue weighted by atomic mass is 32.2. The average Bonchev–Trinajstić information content (AvgIpc) is 2.96. The van der Waals surface area contributed by atoms with Gasteiger partial charge < -0.3 is 4.57 Å². The predicted molar refractivity (Wildman–Crippen MR) is 78.2 cm³/mol. The molecule has 0 saturated carbocycles. The van der Waals surface area contributed by atoms with Crippen LogP contribution in [-0.4, -0.2) is 23.8 Å². The topological polar surface area (TPSA) is 42.3 Å². The Balaban J connectivity index is 2.08. The van der Waals surface area contributed by atoms with Gasteiger partial charge in [-0.15, -0.1) is 0 Å². The third kappa shape index (κ3) is 2.66. The quantitative estimate of drug-likeness (QED) is 0.839. The molecule has 0 saturated heterocycles. The highest BCUT2D eigenvalue weighted by Crippen LogP contribution is 2.38. The van der Waals surface area contributed by atoms with Gasteiger partial charge in [-0.2, -0.15) is 17.5 Å². The van der Waals surface area contributed by atoms with E-state index in [2.05, 4.69) is 0 Å². The molecule has 0 spiro atoms. The summed E-state index contributed by atoms with van der Waals surface area (Å²) in [5.74, 6) is 0. The first kappa shape index (κ1) is 16.1. The van der Waals surface area contributed by atoms with Crippen LogP contribution in [0.15, 0.2) is 47.5 Å². The number of nitrogens with zero attached hydrogens (tertiary/aromatic N) is 2. The van der Waals surface area contributed by atoms with Crippen molar-refractivity contribution in [2.45, 2.75) is 30.6 Å². The van der Waals surface area contributed by atoms with Crippen LogP contribution in [0.2, 0.25) is 0 Å². The number of rotatable bonds is 2. The van der Waals surface area contributed by atoms with Gasteiger partial charge in [0.05, 0.1) is 16.5 Å². The van der Waals surface area contributed by atoms with Crippen molar-refractivity contribution in [1.29, 1.82) is 0 Å². The summed E-state index contributed by atoms with van der Waals surface area (Å²) in [5.41, 5.74) is -0.363. The zero-order valence-electron chi connectivity index (χ0n) is 12.3. The lowest BCUT2D eigenvalue weighted by molar-refractivity contribution is -0.139. The number of halogens is 3. The maximum Gasteiger partial charge on any atom is 0.417 e. The zero-order valence-corrected chi connectivity index (χ0v) is 13.1. The van der Waals surface area contributed by atoms with Crippen LogP contribution in [0.5, 0.6) is 0 Å². The van der Waals surface area contributed by atoms with Gasteiger partial charge in [0.1, 0.15) is 0 Å². The molecule has 0 N–H and O–H groups in total. The van der Waals surface area contributed by atoms with E-state index in [0.29, 0.717) is 6.54 Å². The summed E-state index contributed by atoms with van der Waals surface area (Å²) in [5, 5.41) is 0. The molecule has 4 nitrogen and oxygen atoms in total. The summed E-state index contributed by atoms with van der Waals surface area (Å²) in [6, 6.07) is 7.35. The van der Waals surface area contributed by atoms with Crippen molar-refractivity contribution in [1.82, 2.24) is 8.87 Å². The largest absolute Gasteiger partial charge is 0.417 e. The molecule has 1 aromatic carbocycles. The van der Waals surface area contributed by atoms with Gasteiger partial charge in [-0.25, -0.2) is 8.42 Å². The molecular weight excluding hydrogens is 329 g/mol. The number of fused-ring (bicyclic) bond motifs is 1. The molecule has 2 heterocycles. The first-order valence-electron chi connectivity index (χ1n) is 7.06. The lowest BCUT2D eigenvalue weighted by atomic mass is 10.2. The van der Waals surface area contributed by atoms with Gasteiger partial charge in [0, 0.05) is 25.0 Å². The number of hydrogen-bond donors (Lipinski definition) is 0. The highest BCUT2D eigenvalue weighted by molar-refractivity contribution is 7.89. The Morgan fingerprint density at radius 2 is 1.78 bits per heavy atom. The molecule has 0 unspecified atom stereocenters. The number of benzene rings is 1. The fourth-order valence-electron chi connectivity index (χ4n) is 2.94. The second-order valence-electron chi connectivity index (χ2n) is 5.41. The van der Waals surface area contributed by atoms with Crippen molar-refractivity contribution in [3.05, 3.63) is 53.9 Å². The van der Waals surface area contributed by atoms with Gasteiger partial charge >= 0.3 is 6.18 Å². The van der Waals surface area contributed by atoms with E-state index < -0.39 is 32.7 Å². The summed E-state index contributed by atoms with van der Waals surface area (Å²) in [4.78, 5) is -0.695. The van der Waals surface area contributed by atoms with E-state index in [1.807, 2.05) is 10.8 Å². The first-order chi connectivity index (χ1) is 10.7. The molecule has 0 amide bonds. The van der Waals surface area contributed by atoms with Crippen LogP contribution in [0.1, 0.15) is 24.2 Å². The van der Waals surface area contributed by atoms with Gasteiger partial charge in [-0.05, 0) is 31.2 Å². The Morgan fingerprint density at radius 3 is 2.48 bits per heavy atom. The molecule has 2 aromatic rings. The number of aromatic nitrogens is 1. The predicted octanol–water partition coefficient (Wildman–Crippen LogP) is 3.27. The summed E-state index contributed by atoms with van der Waals surface area (Å²) < 4.78 is 68.1. The minimum absolute atomic E-state index is 0.136. The maximum atomic E-state index is 13.1. The number of alkyl halides is 3.